The summed E-state index contributed by atoms with van der Waals surface area (Å²) in [5.74, 6) is 0.963. The molecule has 0 amide bonds. The molecule has 0 spiro atoms. The summed E-state index contributed by atoms with van der Waals surface area (Å²) in [4.78, 5) is 10.9. The third-order valence-electron chi connectivity index (χ3n) is 3.71. The summed E-state index contributed by atoms with van der Waals surface area (Å²) in [6.07, 6.45) is 0.908. The number of carbonyl (C=O) groups is 1. The van der Waals surface area contributed by atoms with Crippen molar-refractivity contribution in [2.45, 2.75) is 34.2 Å². The first-order chi connectivity index (χ1) is 9.54. The molecule has 0 aliphatic rings. The van der Waals surface area contributed by atoms with Gasteiger partial charge in [-0.3, -0.25) is 4.79 Å². The maximum absolute atomic E-state index is 10.9. The van der Waals surface area contributed by atoms with Gasteiger partial charge in [0, 0.05) is 17.0 Å². The Balaban J connectivity index is 2.07. The summed E-state index contributed by atoms with van der Waals surface area (Å²) >= 11 is 0. The van der Waals surface area contributed by atoms with Gasteiger partial charge in [-0.05, 0) is 44.9 Å². The van der Waals surface area contributed by atoms with Gasteiger partial charge in [0.1, 0.15) is 12.4 Å². The Morgan fingerprint density at radius 3 is 2.35 bits per heavy atom. The predicted octanol–water partition coefficient (Wildman–Crippen LogP) is 3.61. The lowest BCUT2D eigenvalue weighted by Gasteiger charge is -2.14. The number of hydrogen-bond donors (Lipinski definition) is 0. The van der Waals surface area contributed by atoms with Crippen molar-refractivity contribution in [3.8, 4) is 5.75 Å². The minimum atomic E-state index is 0.598. The molecule has 106 valence electrons. The molecule has 0 unspecified atom stereocenters. The molecule has 2 rings (SSSR count). The molecule has 0 saturated heterocycles. The number of hydrogen-bond acceptors (Lipinski definition) is 2. The molecule has 0 aliphatic heterocycles. The zero-order valence-corrected chi connectivity index (χ0v) is 12.6. The molecule has 1 heterocycles. The summed E-state index contributed by atoms with van der Waals surface area (Å²) in [6, 6.07) is 8.06. The van der Waals surface area contributed by atoms with Gasteiger partial charge in [-0.25, -0.2) is 0 Å². The first kappa shape index (κ1) is 14.4. The third-order valence-corrected chi connectivity index (χ3v) is 3.71. The van der Waals surface area contributed by atoms with E-state index in [1.54, 1.807) is 0 Å². The van der Waals surface area contributed by atoms with E-state index in [0.29, 0.717) is 6.61 Å². The maximum atomic E-state index is 10.9. The van der Waals surface area contributed by atoms with Crippen molar-refractivity contribution < 1.29 is 9.53 Å². The highest BCUT2D eigenvalue weighted by Crippen LogP contribution is 2.22. The highest BCUT2D eigenvalue weighted by Gasteiger charge is 2.09. The van der Waals surface area contributed by atoms with Gasteiger partial charge in [0.15, 0.2) is 6.29 Å². The van der Waals surface area contributed by atoms with E-state index < -0.39 is 0 Å². The Morgan fingerprint density at radius 1 is 1.15 bits per heavy atom. The van der Waals surface area contributed by atoms with E-state index in [-0.39, 0.29) is 0 Å². The van der Waals surface area contributed by atoms with Crippen LogP contribution < -0.4 is 4.74 Å². The van der Waals surface area contributed by atoms with Gasteiger partial charge in [-0.2, -0.15) is 0 Å². The molecule has 0 aliphatic carbocycles. The smallest absolute Gasteiger partial charge is 0.151 e. The maximum Gasteiger partial charge on any atom is 0.151 e. The Kier molecular flexibility index (Phi) is 4.28. The van der Waals surface area contributed by atoms with Crippen LogP contribution in [-0.4, -0.2) is 17.5 Å². The average molecular weight is 271 g/mol. The van der Waals surface area contributed by atoms with Crippen LogP contribution in [0.5, 0.6) is 5.75 Å². The molecule has 0 N–H and O–H groups in total. The topological polar surface area (TPSA) is 31.2 Å². The molecule has 0 radical (unpaired) electrons. The van der Waals surface area contributed by atoms with Gasteiger partial charge < -0.3 is 9.30 Å². The summed E-state index contributed by atoms with van der Waals surface area (Å²) < 4.78 is 8.04. The van der Waals surface area contributed by atoms with Crippen molar-refractivity contribution >= 4 is 6.29 Å². The van der Waals surface area contributed by atoms with Crippen LogP contribution in [-0.2, 0) is 6.54 Å². The average Bonchev–Trinajstić information content (AvgIpc) is 2.69. The number of ether oxygens (including phenoxy) is 1. The summed E-state index contributed by atoms with van der Waals surface area (Å²) in [6.45, 7) is 9.44. The van der Waals surface area contributed by atoms with Gasteiger partial charge in [0.2, 0.25) is 0 Å². The van der Waals surface area contributed by atoms with Crippen LogP contribution in [0.3, 0.4) is 0 Å². The second-order valence-corrected chi connectivity index (χ2v) is 5.17. The Labute approximate surface area is 120 Å². The zero-order chi connectivity index (χ0) is 14.7. The molecule has 3 heteroatoms. The fourth-order valence-electron chi connectivity index (χ4n) is 2.56. The zero-order valence-electron chi connectivity index (χ0n) is 12.6. The van der Waals surface area contributed by atoms with E-state index >= 15 is 0 Å². The lowest BCUT2D eigenvalue weighted by molar-refractivity contribution is 0.112. The van der Waals surface area contributed by atoms with E-state index in [4.69, 9.17) is 4.74 Å². The molecule has 0 atom stereocenters. The van der Waals surface area contributed by atoms with Crippen LogP contribution >= 0.6 is 0 Å². The third kappa shape index (κ3) is 2.77. The quantitative estimate of drug-likeness (QED) is 0.778. The lowest BCUT2D eigenvalue weighted by atomic mass is 10.1. The molecular weight excluding hydrogens is 250 g/mol. The van der Waals surface area contributed by atoms with Crippen LogP contribution in [0.1, 0.15) is 32.9 Å². The van der Waals surface area contributed by atoms with Crippen molar-refractivity contribution in [1.82, 2.24) is 4.57 Å². The van der Waals surface area contributed by atoms with E-state index in [1.807, 2.05) is 26.0 Å². The van der Waals surface area contributed by atoms with Crippen molar-refractivity contribution in [3.05, 3.63) is 52.3 Å². The monoisotopic (exact) mass is 271 g/mol. The first-order valence-corrected chi connectivity index (χ1v) is 6.85. The Morgan fingerprint density at radius 2 is 1.80 bits per heavy atom. The lowest BCUT2D eigenvalue weighted by Crippen LogP contribution is -2.11. The van der Waals surface area contributed by atoms with E-state index in [1.165, 1.54) is 0 Å². The highest BCUT2D eigenvalue weighted by atomic mass is 16.5. The van der Waals surface area contributed by atoms with Crippen LogP contribution in [0, 0.1) is 27.7 Å². The van der Waals surface area contributed by atoms with E-state index in [0.717, 1.165) is 46.7 Å². The summed E-state index contributed by atoms with van der Waals surface area (Å²) in [5.41, 5.74) is 5.16. The number of para-hydroxylation sites is 1. The van der Waals surface area contributed by atoms with Gasteiger partial charge >= 0.3 is 0 Å². The number of aromatic nitrogens is 1. The predicted molar refractivity (Wildman–Crippen MR) is 80.7 cm³/mol. The van der Waals surface area contributed by atoms with Gasteiger partial charge in [-0.15, -0.1) is 0 Å². The molecule has 0 saturated carbocycles. The largest absolute Gasteiger partial charge is 0.491 e. The van der Waals surface area contributed by atoms with Gasteiger partial charge in [0.25, 0.3) is 0 Å². The molecule has 1 aromatic heterocycles. The minimum absolute atomic E-state index is 0.598. The molecule has 2 aromatic rings. The van der Waals surface area contributed by atoms with Crippen molar-refractivity contribution in [2.24, 2.45) is 0 Å². The number of aryl methyl sites for hydroxylation is 3. The standard InChI is InChI=1S/C17H21NO2/c1-12-6-5-7-13(2)17(12)20-9-8-18-14(3)10-16(11-19)15(18)4/h5-7,10-11H,8-9H2,1-4H3. The first-order valence-electron chi connectivity index (χ1n) is 6.85. The van der Waals surface area contributed by atoms with Crippen LogP contribution in [0.4, 0.5) is 0 Å². The minimum Gasteiger partial charge on any atom is -0.491 e. The highest BCUT2D eigenvalue weighted by molar-refractivity contribution is 5.77. The van der Waals surface area contributed by atoms with Gasteiger partial charge in [-0.1, -0.05) is 18.2 Å². The number of carbonyl (C=O) groups excluding carboxylic acids is 1. The van der Waals surface area contributed by atoms with Crippen molar-refractivity contribution in [3.63, 3.8) is 0 Å². The van der Waals surface area contributed by atoms with E-state index in [2.05, 4.69) is 30.5 Å². The Bertz CT molecular complexity index is 606. The molecule has 0 bridgehead atoms. The van der Waals surface area contributed by atoms with Crippen LogP contribution in [0.2, 0.25) is 0 Å². The SMILES string of the molecule is Cc1cccc(C)c1OCCn1c(C)cc(C=O)c1C. The number of nitrogens with zero attached hydrogens (tertiary/aromatic N) is 1. The molecule has 3 nitrogen and oxygen atoms in total. The number of aldehydes is 1. The summed E-state index contributed by atoms with van der Waals surface area (Å²) in [7, 11) is 0. The van der Waals surface area contributed by atoms with Gasteiger partial charge in [0.05, 0.1) is 6.54 Å². The van der Waals surface area contributed by atoms with E-state index in [9.17, 15) is 4.79 Å². The molecular formula is C17H21NO2. The second kappa shape index (κ2) is 5.95. The van der Waals surface area contributed by atoms with Crippen LogP contribution in [0.15, 0.2) is 24.3 Å². The fourth-order valence-corrected chi connectivity index (χ4v) is 2.56. The van der Waals surface area contributed by atoms with Crippen LogP contribution in [0.25, 0.3) is 0 Å². The fraction of sp³-hybridized carbons (Fsp3) is 0.353. The number of rotatable bonds is 5. The summed E-state index contributed by atoms with van der Waals surface area (Å²) in [5, 5.41) is 0. The van der Waals surface area contributed by atoms with Crippen molar-refractivity contribution in [1.29, 1.82) is 0 Å². The normalized spacial score (nSPS) is 10.6. The molecule has 0 fully saturated rings. The molecule has 1 aromatic carbocycles. The molecule has 20 heavy (non-hydrogen) atoms. The second-order valence-electron chi connectivity index (χ2n) is 5.17. The number of benzene rings is 1. The van der Waals surface area contributed by atoms with Crippen molar-refractivity contribution in [2.75, 3.05) is 6.61 Å². The Hall–Kier alpha value is -2.03.